The number of halogens is 3. The van der Waals surface area contributed by atoms with Crippen molar-refractivity contribution in [3.63, 3.8) is 0 Å². The smallest absolute Gasteiger partial charge is 0.416 e. The van der Waals surface area contributed by atoms with Crippen LogP contribution >= 0.6 is 11.3 Å². The van der Waals surface area contributed by atoms with E-state index in [1.54, 1.807) is 29.6 Å². The third kappa shape index (κ3) is 7.18. The molecule has 0 saturated carbocycles. The molecule has 1 amide bonds. The number of rotatable bonds is 10. The summed E-state index contributed by atoms with van der Waals surface area (Å²) in [6, 6.07) is 19.7. The molecule has 5 rings (SSSR count). The molecule has 0 saturated heterocycles. The van der Waals surface area contributed by atoms with Crippen LogP contribution in [0.1, 0.15) is 21.6 Å². The van der Waals surface area contributed by atoms with Crippen LogP contribution in [0, 0.1) is 0 Å². The highest BCUT2D eigenvalue weighted by atomic mass is 32.2. The highest BCUT2D eigenvalue weighted by molar-refractivity contribution is 7.94. The normalized spacial score (nSPS) is 12.6. The number of methoxy groups -OCH3 is 1. The van der Waals surface area contributed by atoms with Crippen LogP contribution in [0.4, 0.5) is 18.9 Å². The second kappa shape index (κ2) is 12.6. The average Bonchev–Trinajstić information content (AvgIpc) is 3.54. The molecule has 44 heavy (non-hydrogen) atoms. The lowest BCUT2D eigenvalue weighted by molar-refractivity contribution is -0.137. The Labute approximate surface area is 255 Å². The monoisotopic (exact) mass is 641 g/mol. The van der Waals surface area contributed by atoms with Crippen LogP contribution in [0.15, 0.2) is 94.5 Å². The number of benzene rings is 3. The molecule has 0 aliphatic rings. The van der Waals surface area contributed by atoms with Gasteiger partial charge in [-0.3, -0.25) is 9.52 Å². The maximum absolute atomic E-state index is 13.4. The van der Waals surface area contributed by atoms with Gasteiger partial charge in [0.1, 0.15) is 15.7 Å². The molecule has 0 aliphatic carbocycles. The summed E-state index contributed by atoms with van der Waals surface area (Å²) in [6.07, 6.45) is -4.16. The molecule has 0 spiro atoms. The summed E-state index contributed by atoms with van der Waals surface area (Å²) < 4.78 is 74.4. The van der Waals surface area contributed by atoms with Crippen molar-refractivity contribution < 1.29 is 36.2 Å². The average molecular weight is 642 g/mol. The van der Waals surface area contributed by atoms with E-state index in [1.807, 2.05) is 0 Å². The molecule has 2 aromatic heterocycles. The summed E-state index contributed by atoms with van der Waals surface area (Å²) in [5, 5.41) is 14.3. The summed E-state index contributed by atoms with van der Waals surface area (Å²) in [6.45, 7) is 0.165. The lowest BCUT2D eigenvalue weighted by atomic mass is 10.00. The largest absolute Gasteiger partial charge is 0.508 e. The number of nitrogens with one attached hydrogen (secondary N) is 2. The fourth-order valence-corrected chi connectivity index (χ4v) is 6.68. The number of carbonyl (C=O) groups is 1. The Morgan fingerprint density at radius 3 is 2.43 bits per heavy atom. The zero-order chi connectivity index (χ0) is 31.5. The van der Waals surface area contributed by atoms with Crippen molar-refractivity contribution >= 4 is 43.9 Å². The number of anilines is 1. The number of fused-ring (bicyclic) bond motifs is 1. The minimum atomic E-state index is -4.54. The van der Waals surface area contributed by atoms with E-state index in [-0.39, 0.29) is 44.4 Å². The van der Waals surface area contributed by atoms with Crippen LogP contribution in [0.2, 0.25) is 0 Å². The summed E-state index contributed by atoms with van der Waals surface area (Å²) >= 11 is 1.00. The Morgan fingerprint density at radius 1 is 1.00 bits per heavy atom. The molecule has 8 nitrogen and oxygen atoms in total. The van der Waals surface area contributed by atoms with Gasteiger partial charge in [-0.2, -0.15) is 13.2 Å². The Balaban J connectivity index is 1.54. The number of hydrogen-bond donors (Lipinski definition) is 3. The zero-order valence-corrected chi connectivity index (χ0v) is 24.8. The van der Waals surface area contributed by atoms with Gasteiger partial charge in [-0.05, 0) is 77.0 Å². The maximum atomic E-state index is 13.4. The number of hydrogen-bond acceptors (Lipinski definition) is 7. The molecule has 3 N–H and O–H groups in total. The van der Waals surface area contributed by atoms with Crippen LogP contribution in [0.5, 0.6) is 5.75 Å². The van der Waals surface area contributed by atoms with Crippen molar-refractivity contribution in [2.45, 2.75) is 22.8 Å². The van der Waals surface area contributed by atoms with E-state index in [4.69, 9.17) is 4.74 Å². The number of thiophene rings is 1. The molecule has 0 bridgehead atoms. The molecule has 2 heterocycles. The van der Waals surface area contributed by atoms with Gasteiger partial charge >= 0.3 is 6.18 Å². The Morgan fingerprint density at radius 2 is 1.75 bits per heavy atom. The Kier molecular flexibility index (Phi) is 8.90. The van der Waals surface area contributed by atoms with E-state index < -0.39 is 33.7 Å². The SMILES string of the molecule is COC[C@H](Cc1ccc(O)cc1)NC(=O)c1cc(NS(=O)(=O)c2cccs2)c2cc(-c3cccc(C(F)(F)F)c3)ccc2n1. The van der Waals surface area contributed by atoms with E-state index >= 15 is 0 Å². The second-order valence-electron chi connectivity index (χ2n) is 9.90. The van der Waals surface area contributed by atoms with Crippen LogP contribution in [-0.2, 0) is 27.4 Å². The van der Waals surface area contributed by atoms with Gasteiger partial charge in [-0.1, -0.05) is 36.4 Å². The van der Waals surface area contributed by atoms with Crippen molar-refractivity contribution in [2.75, 3.05) is 18.4 Å². The van der Waals surface area contributed by atoms with Gasteiger partial charge in [0.2, 0.25) is 0 Å². The molecule has 5 aromatic rings. The summed E-state index contributed by atoms with van der Waals surface area (Å²) in [5.74, 6) is -0.485. The first kappa shape index (κ1) is 31.0. The highest BCUT2D eigenvalue weighted by Crippen LogP contribution is 2.35. The molecular formula is C31H26F3N3O5S2. The number of aromatic hydroxyl groups is 1. The van der Waals surface area contributed by atoms with Crippen LogP contribution in [0.3, 0.4) is 0 Å². The van der Waals surface area contributed by atoms with Crippen LogP contribution in [0.25, 0.3) is 22.0 Å². The molecule has 0 aliphatic heterocycles. The fourth-order valence-electron chi connectivity index (χ4n) is 4.62. The molecule has 0 radical (unpaired) electrons. The lowest BCUT2D eigenvalue weighted by Gasteiger charge is -2.19. The van der Waals surface area contributed by atoms with Crippen LogP contribution in [-0.4, -0.2) is 44.2 Å². The van der Waals surface area contributed by atoms with Crippen molar-refractivity contribution in [3.8, 4) is 16.9 Å². The van der Waals surface area contributed by atoms with Crippen molar-refractivity contribution in [2.24, 2.45) is 0 Å². The predicted molar refractivity (Wildman–Crippen MR) is 162 cm³/mol. The number of phenolic OH excluding ortho intramolecular Hbond substituents is 1. The van der Waals surface area contributed by atoms with Gasteiger partial charge in [0.25, 0.3) is 15.9 Å². The lowest BCUT2D eigenvalue weighted by Crippen LogP contribution is -2.40. The van der Waals surface area contributed by atoms with E-state index in [0.29, 0.717) is 12.0 Å². The first-order valence-electron chi connectivity index (χ1n) is 13.2. The molecule has 228 valence electrons. The van der Waals surface area contributed by atoms with Crippen molar-refractivity contribution in [3.05, 3.63) is 107 Å². The standard InChI is InChI=1S/C31H26F3N3O5S2/c1-42-18-23(14-19-7-10-24(38)11-8-19)35-30(39)28-17-27(37-44(40,41)29-6-3-13-43-29)25-16-21(9-12-26(25)36-28)20-4-2-5-22(15-20)31(32,33)34/h2-13,15-17,23,38H,14,18H2,1H3,(H,35,39)(H,36,37)/t23-/m0/s1. The van der Waals surface area contributed by atoms with E-state index in [1.165, 1.54) is 55.6 Å². The number of ether oxygens (including phenoxy) is 1. The number of phenols is 1. The van der Waals surface area contributed by atoms with Gasteiger partial charge in [0.05, 0.1) is 29.4 Å². The predicted octanol–water partition coefficient (Wildman–Crippen LogP) is 6.48. The zero-order valence-electron chi connectivity index (χ0n) is 23.1. The molecular weight excluding hydrogens is 615 g/mol. The van der Waals surface area contributed by atoms with Gasteiger partial charge in [0.15, 0.2) is 0 Å². The number of aromatic nitrogens is 1. The number of pyridine rings is 1. The summed E-state index contributed by atoms with van der Waals surface area (Å²) in [4.78, 5) is 17.9. The van der Waals surface area contributed by atoms with Gasteiger partial charge in [-0.15, -0.1) is 11.3 Å². The highest BCUT2D eigenvalue weighted by Gasteiger charge is 2.30. The third-order valence-electron chi connectivity index (χ3n) is 6.69. The topological polar surface area (TPSA) is 118 Å². The summed E-state index contributed by atoms with van der Waals surface area (Å²) in [5.41, 5.74) is 0.878. The number of alkyl halides is 3. The molecule has 13 heteroatoms. The first-order valence-corrected chi connectivity index (χ1v) is 15.6. The number of sulfonamides is 1. The van der Waals surface area contributed by atoms with Crippen molar-refractivity contribution in [1.82, 2.24) is 10.3 Å². The fraction of sp³-hybridized carbons (Fsp3) is 0.161. The van der Waals surface area contributed by atoms with Crippen molar-refractivity contribution in [1.29, 1.82) is 0 Å². The number of amides is 1. The second-order valence-corrected chi connectivity index (χ2v) is 12.8. The molecule has 3 aromatic carbocycles. The van der Waals surface area contributed by atoms with E-state index in [2.05, 4.69) is 15.0 Å². The van der Waals surface area contributed by atoms with E-state index in [9.17, 15) is 31.5 Å². The third-order valence-corrected chi connectivity index (χ3v) is 9.45. The minimum absolute atomic E-state index is 0.0317. The van der Waals surface area contributed by atoms with Gasteiger partial charge in [-0.25, -0.2) is 13.4 Å². The number of nitrogens with zero attached hydrogens (tertiary/aromatic N) is 1. The Bertz CT molecular complexity index is 1900. The quantitative estimate of drug-likeness (QED) is 0.161. The minimum Gasteiger partial charge on any atom is -0.508 e. The molecule has 1 atom stereocenters. The first-order chi connectivity index (χ1) is 20.9. The van der Waals surface area contributed by atoms with Crippen LogP contribution < -0.4 is 10.0 Å². The maximum Gasteiger partial charge on any atom is 0.416 e. The number of carbonyl (C=O) groups excluding carboxylic acids is 1. The Hall–Kier alpha value is -4.46. The van der Waals surface area contributed by atoms with Gasteiger partial charge < -0.3 is 15.2 Å². The van der Waals surface area contributed by atoms with E-state index in [0.717, 1.165) is 29.0 Å². The molecule has 0 unspecified atom stereocenters. The van der Waals surface area contributed by atoms with Gasteiger partial charge in [0, 0.05) is 12.5 Å². The summed E-state index contributed by atoms with van der Waals surface area (Å²) in [7, 11) is -2.57. The molecule has 0 fully saturated rings.